The molecule has 0 aromatic heterocycles. The molecule has 3 nitrogen and oxygen atoms in total. The Labute approximate surface area is 106 Å². The predicted molar refractivity (Wildman–Crippen MR) is 68.8 cm³/mol. The van der Waals surface area contributed by atoms with Gasteiger partial charge in [0.05, 0.1) is 5.54 Å². The van der Waals surface area contributed by atoms with Crippen LogP contribution in [0.2, 0.25) is 5.02 Å². The van der Waals surface area contributed by atoms with E-state index in [1.54, 1.807) is 0 Å². The van der Waals surface area contributed by atoms with Gasteiger partial charge in [0.2, 0.25) is 5.91 Å². The lowest BCUT2D eigenvalue weighted by molar-refractivity contribution is -0.122. The first kappa shape index (κ1) is 12.4. The third-order valence-corrected chi connectivity index (χ3v) is 3.39. The van der Waals surface area contributed by atoms with Crippen LogP contribution in [0, 0.1) is 0 Å². The maximum atomic E-state index is 11.7. The summed E-state index contributed by atoms with van der Waals surface area (Å²) in [6, 6.07) is 7.70. The highest BCUT2D eigenvalue weighted by molar-refractivity contribution is 6.30. The second-order valence-corrected chi connectivity index (χ2v) is 4.97. The zero-order chi connectivity index (χ0) is 12.3. The lowest BCUT2D eigenvalue weighted by atomic mass is 10.0. The van der Waals surface area contributed by atoms with Crippen molar-refractivity contribution in [3.63, 3.8) is 0 Å². The van der Waals surface area contributed by atoms with Gasteiger partial charge in [-0.3, -0.25) is 4.79 Å². The number of benzene rings is 1. The van der Waals surface area contributed by atoms with Crippen LogP contribution in [0.15, 0.2) is 24.3 Å². The molecule has 1 saturated carbocycles. The monoisotopic (exact) mass is 252 g/mol. The minimum absolute atomic E-state index is 0.0860. The largest absolute Gasteiger partial charge is 0.347 e. The highest BCUT2D eigenvalue weighted by Crippen LogP contribution is 2.45. The molecule has 0 unspecified atom stereocenters. The molecule has 1 amide bonds. The molecule has 3 N–H and O–H groups in total. The van der Waals surface area contributed by atoms with Crippen molar-refractivity contribution >= 4 is 17.5 Å². The summed E-state index contributed by atoms with van der Waals surface area (Å²) in [5.74, 6) is 0.0860. The number of nitrogens with one attached hydrogen (secondary N) is 1. The number of rotatable bonds is 5. The van der Waals surface area contributed by atoms with Crippen LogP contribution in [-0.2, 0) is 10.3 Å². The molecule has 0 saturated heterocycles. The average molecular weight is 253 g/mol. The van der Waals surface area contributed by atoms with Crippen molar-refractivity contribution in [3.05, 3.63) is 34.9 Å². The van der Waals surface area contributed by atoms with E-state index in [-0.39, 0.29) is 11.4 Å². The Morgan fingerprint density at radius 3 is 2.53 bits per heavy atom. The van der Waals surface area contributed by atoms with E-state index in [0.717, 1.165) is 29.8 Å². The summed E-state index contributed by atoms with van der Waals surface area (Å²) in [5, 5.41) is 3.82. The van der Waals surface area contributed by atoms with Crippen molar-refractivity contribution < 1.29 is 4.79 Å². The van der Waals surface area contributed by atoms with Gasteiger partial charge in [0.1, 0.15) is 0 Å². The Morgan fingerprint density at radius 2 is 2.00 bits per heavy atom. The quantitative estimate of drug-likeness (QED) is 0.844. The lowest BCUT2D eigenvalue weighted by Gasteiger charge is -2.18. The Balaban J connectivity index is 2.00. The number of hydrogen-bond donors (Lipinski definition) is 2. The van der Waals surface area contributed by atoms with Crippen LogP contribution in [0.25, 0.3) is 0 Å². The van der Waals surface area contributed by atoms with Gasteiger partial charge in [-0.2, -0.15) is 0 Å². The number of nitrogens with two attached hydrogens (primary N) is 1. The smallest absolute Gasteiger partial charge is 0.220 e. The number of carbonyl (C=O) groups excluding carboxylic acids is 1. The second-order valence-electron chi connectivity index (χ2n) is 4.53. The van der Waals surface area contributed by atoms with Gasteiger partial charge in [-0.1, -0.05) is 23.7 Å². The van der Waals surface area contributed by atoms with E-state index in [0.29, 0.717) is 13.0 Å². The van der Waals surface area contributed by atoms with Crippen molar-refractivity contribution in [1.82, 2.24) is 5.32 Å². The summed E-state index contributed by atoms with van der Waals surface area (Å²) >= 11 is 5.86. The Morgan fingerprint density at radius 1 is 1.35 bits per heavy atom. The number of carbonyl (C=O) groups is 1. The van der Waals surface area contributed by atoms with Gasteiger partial charge in [0, 0.05) is 11.4 Å². The Bertz CT molecular complexity index is 398. The maximum Gasteiger partial charge on any atom is 0.220 e. The van der Waals surface area contributed by atoms with Crippen LogP contribution >= 0.6 is 11.6 Å². The first-order valence-corrected chi connectivity index (χ1v) is 6.31. The molecule has 92 valence electrons. The van der Waals surface area contributed by atoms with Crippen LogP contribution in [0.1, 0.15) is 31.2 Å². The molecular weight excluding hydrogens is 236 g/mol. The molecule has 1 aromatic carbocycles. The fourth-order valence-electron chi connectivity index (χ4n) is 1.97. The van der Waals surface area contributed by atoms with Crippen molar-refractivity contribution in [3.8, 4) is 0 Å². The molecule has 0 heterocycles. The van der Waals surface area contributed by atoms with E-state index in [1.807, 2.05) is 24.3 Å². The summed E-state index contributed by atoms with van der Waals surface area (Å²) in [6.07, 6.45) is 3.25. The van der Waals surface area contributed by atoms with Gasteiger partial charge < -0.3 is 11.1 Å². The number of halogens is 1. The summed E-state index contributed by atoms with van der Waals surface area (Å²) in [5.41, 5.74) is 6.39. The Kier molecular flexibility index (Phi) is 3.69. The lowest BCUT2D eigenvalue weighted by Crippen LogP contribution is -2.34. The van der Waals surface area contributed by atoms with Crippen LogP contribution < -0.4 is 11.1 Å². The fraction of sp³-hybridized carbons (Fsp3) is 0.462. The molecule has 1 fully saturated rings. The Hall–Kier alpha value is -1.06. The first-order chi connectivity index (χ1) is 8.16. The zero-order valence-corrected chi connectivity index (χ0v) is 10.5. The van der Waals surface area contributed by atoms with Gasteiger partial charge in [-0.05, 0) is 43.5 Å². The third kappa shape index (κ3) is 2.99. The van der Waals surface area contributed by atoms with E-state index in [2.05, 4.69) is 5.32 Å². The van der Waals surface area contributed by atoms with Crippen molar-refractivity contribution in [1.29, 1.82) is 0 Å². The summed E-state index contributed by atoms with van der Waals surface area (Å²) in [6.45, 7) is 0.557. The van der Waals surface area contributed by atoms with E-state index in [4.69, 9.17) is 17.3 Å². The molecular formula is C13H17ClN2O. The van der Waals surface area contributed by atoms with E-state index < -0.39 is 0 Å². The number of amides is 1. The van der Waals surface area contributed by atoms with E-state index in [9.17, 15) is 4.79 Å². The molecule has 0 bridgehead atoms. The predicted octanol–water partition coefficient (Wildman–Crippen LogP) is 2.18. The van der Waals surface area contributed by atoms with Gasteiger partial charge >= 0.3 is 0 Å². The van der Waals surface area contributed by atoms with Crippen molar-refractivity contribution in [2.75, 3.05) is 6.54 Å². The molecule has 4 heteroatoms. The first-order valence-electron chi connectivity index (χ1n) is 5.93. The molecule has 0 radical (unpaired) electrons. The minimum atomic E-state index is -0.143. The van der Waals surface area contributed by atoms with Crippen LogP contribution in [0.5, 0.6) is 0 Å². The SMILES string of the molecule is NCCCC(=O)NC1(c2ccc(Cl)cc2)CC1. The average Bonchev–Trinajstić information content (AvgIpc) is 3.08. The highest BCUT2D eigenvalue weighted by atomic mass is 35.5. The van der Waals surface area contributed by atoms with Gasteiger partial charge in [0.15, 0.2) is 0 Å². The third-order valence-electron chi connectivity index (χ3n) is 3.13. The molecule has 1 aromatic rings. The topological polar surface area (TPSA) is 55.1 Å². The maximum absolute atomic E-state index is 11.7. The van der Waals surface area contributed by atoms with Crippen molar-refractivity contribution in [2.24, 2.45) is 5.73 Å². The molecule has 1 aliphatic rings. The van der Waals surface area contributed by atoms with Crippen LogP contribution in [0.4, 0.5) is 0 Å². The summed E-state index contributed by atoms with van der Waals surface area (Å²) in [7, 11) is 0. The zero-order valence-electron chi connectivity index (χ0n) is 9.71. The molecule has 2 rings (SSSR count). The van der Waals surface area contributed by atoms with Crippen LogP contribution in [-0.4, -0.2) is 12.5 Å². The van der Waals surface area contributed by atoms with Gasteiger partial charge in [0.25, 0.3) is 0 Å². The molecule has 0 atom stereocenters. The highest BCUT2D eigenvalue weighted by Gasteiger charge is 2.45. The van der Waals surface area contributed by atoms with E-state index in [1.165, 1.54) is 0 Å². The molecule has 1 aliphatic carbocycles. The molecule has 17 heavy (non-hydrogen) atoms. The van der Waals surface area contributed by atoms with Crippen LogP contribution in [0.3, 0.4) is 0 Å². The summed E-state index contributed by atoms with van der Waals surface area (Å²) < 4.78 is 0. The van der Waals surface area contributed by atoms with E-state index >= 15 is 0 Å². The number of hydrogen-bond acceptors (Lipinski definition) is 2. The minimum Gasteiger partial charge on any atom is -0.347 e. The fourth-order valence-corrected chi connectivity index (χ4v) is 2.10. The standard InChI is InChI=1S/C13H17ClN2O/c14-11-5-3-10(4-6-11)13(7-8-13)16-12(17)2-1-9-15/h3-6H,1-2,7-9,15H2,(H,16,17). The second kappa shape index (κ2) is 5.07. The molecule has 0 aliphatic heterocycles. The molecule has 0 spiro atoms. The van der Waals surface area contributed by atoms with Gasteiger partial charge in [-0.25, -0.2) is 0 Å². The van der Waals surface area contributed by atoms with Crippen molar-refractivity contribution in [2.45, 2.75) is 31.2 Å². The summed E-state index contributed by atoms with van der Waals surface area (Å²) in [4.78, 5) is 11.7. The van der Waals surface area contributed by atoms with Gasteiger partial charge in [-0.15, -0.1) is 0 Å². The normalized spacial score (nSPS) is 16.6.